The summed E-state index contributed by atoms with van der Waals surface area (Å²) in [5, 5.41) is 8.74. The molecule has 2 aliphatic carbocycles. The van der Waals surface area contributed by atoms with Gasteiger partial charge in [-0.05, 0) is 48.0 Å². The van der Waals surface area contributed by atoms with Crippen molar-refractivity contribution in [3.05, 3.63) is 0 Å². The summed E-state index contributed by atoms with van der Waals surface area (Å²) in [5.74, 6) is 2.06. The minimum atomic E-state index is -0.0822. The average Bonchev–Trinajstić information content (AvgIpc) is 3.20. The molecule has 0 atom stereocenters. The number of nitrogens with zero attached hydrogens (tertiary/aromatic N) is 1. The van der Waals surface area contributed by atoms with E-state index in [-0.39, 0.29) is 11.4 Å². The predicted octanol–water partition coefficient (Wildman–Crippen LogP) is 2.76. The zero-order valence-electron chi connectivity index (χ0n) is 10.3. The molecule has 0 N–H and O–H groups in total. The number of carbonyl (C=O) groups is 1. The Kier molecular flexibility index (Phi) is 3.67. The van der Waals surface area contributed by atoms with Crippen LogP contribution in [0, 0.1) is 22.2 Å². The molecule has 0 heterocycles. The molecule has 2 saturated carbocycles. The van der Waals surface area contributed by atoms with Gasteiger partial charge in [0.05, 0.1) is 19.6 Å². The quantitative estimate of drug-likeness (QED) is 0.655. The first-order chi connectivity index (χ1) is 8.14. The Morgan fingerprint density at radius 3 is 2.35 bits per heavy atom. The van der Waals surface area contributed by atoms with E-state index in [1.54, 1.807) is 0 Å². The maximum absolute atomic E-state index is 11.3. The Bertz CT molecular complexity index is 340. The largest absolute Gasteiger partial charge is 0.469 e. The van der Waals surface area contributed by atoms with Crippen LogP contribution < -0.4 is 0 Å². The van der Waals surface area contributed by atoms with Gasteiger partial charge in [-0.3, -0.25) is 4.79 Å². The fourth-order valence-electron chi connectivity index (χ4n) is 2.13. The number of thioether (sulfide) groups is 1. The monoisotopic (exact) mass is 253 g/mol. The van der Waals surface area contributed by atoms with Gasteiger partial charge < -0.3 is 4.74 Å². The number of esters is 1. The molecule has 4 heteroatoms. The van der Waals surface area contributed by atoms with Gasteiger partial charge in [0.2, 0.25) is 0 Å². The second-order valence-corrected chi connectivity index (χ2v) is 6.57. The molecule has 3 nitrogen and oxygen atoms in total. The van der Waals surface area contributed by atoms with Gasteiger partial charge in [-0.1, -0.05) is 0 Å². The van der Waals surface area contributed by atoms with Crippen molar-refractivity contribution in [1.29, 1.82) is 5.26 Å². The fourth-order valence-corrected chi connectivity index (χ4v) is 3.88. The molecule has 0 aromatic carbocycles. The molecule has 0 radical (unpaired) electrons. The van der Waals surface area contributed by atoms with Crippen molar-refractivity contribution in [3.63, 3.8) is 0 Å². The molecule has 0 amide bonds. The highest BCUT2D eigenvalue weighted by Gasteiger charge is 2.46. The number of ether oxygens (including phenoxy) is 1. The van der Waals surface area contributed by atoms with Crippen LogP contribution in [0.2, 0.25) is 0 Å². The lowest BCUT2D eigenvalue weighted by molar-refractivity contribution is -0.141. The molecular weight excluding hydrogens is 234 g/mol. The first-order valence-electron chi connectivity index (χ1n) is 6.15. The van der Waals surface area contributed by atoms with Crippen LogP contribution in [-0.2, 0) is 9.53 Å². The van der Waals surface area contributed by atoms with E-state index in [1.807, 2.05) is 11.8 Å². The third-order valence-electron chi connectivity index (χ3n) is 3.93. The Morgan fingerprint density at radius 1 is 1.29 bits per heavy atom. The Morgan fingerprint density at radius 2 is 1.88 bits per heavy atom. The van der Waals surface area contributed by atoms with Crippen LogP contribution in [0.25, 0.3) is 0 Å². The van der Waals surface area contributed by atoms with Gasteiger partial charge in [0.15, 0.2) is 0 Å². The number of hydrogen-bond acceptors (Lipinski definition) is 4. The summed E-state index contributed by atoms with van der Waals surface area (Å²) in [7, 11) is 1.46. The zero-order chi connectivity index (χ0) is 12.4. The van der Waals surface area contributed by atoms with Gasteiger partial charge in [0.1, 0.15) is 0 Å². The minimum Gasteiger partial charge on any atom is -0.469 e. The van der Waals surface area contributed by atoms with E-state index >= 15 is 0 Å². The first-order valence-corrected chi connectivity index (χ1v) is 7.31. The number of methoxy groups -OCH3 is 1. The zero-order valence-corrected chi connectivity index (χ0v) is 11.1. The van der Waals surface area contributed by atoms with Gasteiger partial charge >= 0.3 is 5.97 Å². The molecule has 0 saturated heterocycles. The van der Waals surface area contributed by atoms with Crippen molar-refractivity contribution in [2.24, 2.45) is 10.8 Å². The average molecular weight is 253 g/mol. The van der Waals surface area contributed by atoms with Crippen molar-refractivity contribution in [2.45, 2.75) is 38.5 Å². The van der Waals surface area contributed by atoms with E-state index in [0.717, 1.165) is 24.3 Å². The highest BCUT2D eigenvalue weighted by Crippen LogP contribution is 2.55. The van der Waals surface area contributed by atoms with E-state index < -0.39 is 0 Å². The van der Waals surface area contributed by atoms with Crippen molar-refractivity contribution in [1.82, 2.24) is 0 Å². The molecule has 0 bridgehead atoms. The van der Waals surface area contributed by atoms with Crippen LogP contribution >= 0.6 is 11.8 Å². The minimum absolute atomic E-state index is 0.0822. The van der Waals surface area contributed by atoms with E-state index in [4.69, 9.17) is 10.00 Å². The Labute approximate surface area is 107 Å². The Balaban J connectivity index is 1.69. The molecule has 0 aromatic heterocycles. The van der Waals surface area contributed by atoms with Gasteiger partial charge in [-0.25, -0.2) is 0 Å². The first kappa shape index (κ1) is 12.8. The molecule has 0 aromatic rings. The summed E-state index contributed by atoms with van der Waals surface area (Å²) in [5.41, 5.74) is 0.543. The molecule has 0 unspecified atom stereocenters. The number of hydrogen-bond donors (Lipinski definition) is 0. The smallest absolute Gasteiger partial charge is 0.306 e. The SMILES string of the molecule is COC(=O)CC1(CSCC2(CC#N)CC2)CC1. The molecular formula is C13H19NO2S. The highest BCUT2D eigenvalue weighted by molar-refractivity contribution is 7.99. The van der Waals surface area contributed by atoms with Crippen LogP contribution in [0.3, 0.4) is 0 Å². The summed E-state index contributed by atoms with van der Waals surface area (Å²) in [4.78, 5) is 11.3. The van der Waals surface area contributed by atoms with Gasteiger partial charge in [-0.2, -0.15) is 17.0 Å². The molecule has 2 aliphatic rings. The molecule has 2 fully saturated rings. The summed E-state index contributed by atoms with van der Waals surface area (Å²) < 4.78 is 4.73. The lowest BCUT2D eigenvalue weighted by Crippen LogP contribution is -2.14. The van der Waals surface area contributed by atoms with E-state index in [9.17, 15) is 4.79 Å². The summed E-state index contributed by atoms with van der Waals surface area (Å²) in [6, 6.07) is 2.29. The number of rotatable bonds is 7. The van der Waals surface area contributed by atoms with E-state index in [2.05, 4.69) is 6.07 Å². The van der Waals surface area contributed by atoms with Gasteiger partial charge in [0, 0.05) is 6.42 Å². The Hall–Kier alpha value is -0.690. The molecule has 0 spiro atoms. The number of nitriles is 1. The molecule has 0 aliphatic heterocycles. The third-order valence-corrected chi connectivity index (χ3v) is 5.56. The molecule has 94 valence electrons. The van der Waals surface area contributed by atoms with Crippen LogP contribution in [0.5, 0.6) is 0 Å². The van der Waals surface area contributed by atoms with Crippen molar-refractivity contribution in [2.75, 3.05) is 18.6 Å². The van der Waals surface area contributed by atoms with Crippen LogP contribution in [-0.4, -0.2) is 24.6 Å². The standard InChI is InChI=1S/C13H19NO2S/c1-16-11(15)8-13(4-5-13)10-17-9-12(2-3-12)6-7-14/h2-6,8-10H2,1H3. The predicted molar refractivity (Wildman–Crippen MR) is 67.5 cm³/mol. The van der Waals surface area contributed by atoms with Crippen LogP contribution in [0.1, 0.15) is 38.5 Å². The van der Waals surface area contributed by atoms with Crippen LogP contribution in [0.4, 0.5) is 0 Å². The third kappa shape index (κ3) is 3.38. The van der Waals surface area contributed by atoms with Crippen LogP contribution in [0.15, 0.2) is 0 Å². The summed E-state index contributed by atoms with van der Waals surface area (Å²) >= 11 is 1.93. The maximum Gasteiger partial charge on any atom is 0.306 e. The van der Waals surface area contributed by atoms with Gasteiger partial charge in [-0.15, -0.1) is 0 Å². The van der Waals surface area contributed by atoms with E-state index in [0.29, 0.717) is 18.3 Å². The fraction of sp³-hybridized carbons (Fsp3) is 0.846. The van der Waals surface area contributed by atoms with Crippen molar-refractivity contribution in [3.8, 4) is 6.07 Å². The molecule has 17 heavy (non-hydrogen) atoms. The lowest BCUT2D eigenvalue weighted by atomic mass is 10.1. The van der Waals surface area contributed by atoms with E-state index in [1.165, 1.54) is 20.0 Å². The number of carbonyl (C=O) groups excluding carboxylic acids is 1. The van der Waals surface area contributed by atoms with Crippen molar-refractivity contribution < 1.29 is 9.53 Å². The van der Waals surface area contributed by atoms with Crippen molar-refractivity contribution >= 4 is 17.7 Å². The second-order valence-electron chi connectivity index (χ2n) is 5.58. The molecule has 2 rings (SSSR count). The summed E-state index contributed by atoms with van der Waals surface area (Å²) in [6.07, 6.45) is 5.99. The second kappa shape index (κ2) is 4.89. The highest BCUT2D eigenvalue weighted by atomic mass is 32.2. The lowest BCUT2D eigenvalue weighted by Gasteiger charge is -2.15. The normalized spacial score (nSPS) is 22.6. The summed E-state index contributed by atoms with van der Waals surface area (Å²) in [6.45, 7) is 0. The van der Waals surface area contributed by atoms with Gasteiger partial charge in [0.25, 0.3) is 0 Å². The maximum atomic E-state index is 11.3. The topological polar surface area (TPSA) is 50.1 Å².